The summed E-state index contributed by atoms with van der Waals surface area (Å²) in [7, 11) is 0. The standard InChI is InChI=1S/C68H42N8/c1-3-17-41(18-4-1)63-71-65(75-67(73-63)55-27-13-9-23-49(55)47-35-43-21-7-15-29-59(43)69-39-47)45-31-33-53-57(37-45)61-51-25-11-12-26-52(51)62(53)58-38-46(32-34-54(58)61)66-72-64(42-19-5-2-6-20-42)74-68(76-66)56-28-14-10-24-50(56)48-36-44-22-8-16-30-60(44)70-40-48/h1-40,61-62H. The summed E-state index contributed by atoms with van der Waals surface area (Å²) in [5.41, 5.74) is 19.1. The van der Waals surface area contributed by atoms with Gasteiger partial charge in [-0.15, -0.1) is 0 Å². The minimum absolute atomic E-state index is 0.0209. The van der Waals surface area contributed by atoms with E-state index in [2.05, 4.69) is 146 Å². The summed E-state index contributed by atoms with van der Waals surface area (Å²) in [6, 6.07) is 80.2. The van der Waals surface area contributed by atoms with Gasteiger partial charge in [0, 0.05) is 79.5 Å². The predicted molar refractivity (Wildman–Crippen MR) is 302 cm³/mol. The second kappa shape index (κ2) is 17.8. The van der Waals surface area contributed by atoms with E-state index in [0.29, 0.717) is 34.9 Å². The lowest BCUT2D eigenvalue weighted by Gasteiger charge is -2.42. The maximum Gasteiger partial charge on any atom is 0.164 e. The topological polar surface area (TPSA) is 103 Å². The molecule has 3 aliphatic rings. The van der Waals surface area contributed by atoms with Crippen LogP contribution < -0.4 is 0 Å². The Hall–Kier alpha value is -10.2. The fourth-order valence-corrected chi connectivity index (χ4v) is 11.5. The summed E-state index contributed by atoms with van der Waals surface area (Å²) in [5, 5.41) is 2.15. The Kier molecular flexibility index (Phi) is 10.2. The van der Waals surface area contributed by atoms with Gasteiger partial charge >= 0.3 is 0 Å². The molecule has 16 rings (SSSR count). The second-order valence-corrected chi connectivity index (χ2v) is 19.5. The van der Waals surface area contributed by atoms with Crippen LogP contribution in [0.3, 0.4) is 0 Å². The van der Waals surface area contributed by atoms with Gasteiger partial charge < -0.3 is 0 Å². The SMILES string of the molecule is c1ccc(-c2nc(-c3ccc4c(c3)C3c5ccccc5C4c4cc(-c5nc(-c6ccccc6)nc(-c6ccccc6-c6cnc7ccccc7c6)n5)ccc43)nc(-c3ccccc3-c3cnc4ccccc4c3)n2)cc1. The molecule has 0 radical (unpaired) electrons. The molecule has 4 heterocycles. The molecule has 0 saturated carbocycles. The molecule has 2 atom stereocenters. The smallest absolute Gasteiger partial charge is 0.164 e. The third-order valence-corrected chi connectivity index (χ3v) is 15.0. The third kappa shape index (κ3) is 7.37. The molecule has 0 saturated heterocycles. The second-order valence-electron chi connectivity index (χ2n) is 19.5. The van der Waals surface area contributed by atoms with Crippen LogP contribution in [0, 0.1) is 0 Å². The third-order valence-electron chi connectivity index (χ3n) is 15.0. The first kappa shape index (κ1) is 43.4. The van der Waals surface area contributed by atoms with Crippen molar-refractivity contribution in [2.45, 2.75) is 11.8 Å². The monoisotopic (exact) mass is 970 g/mol. The lowest BCUT2D eigenvalue weighted by atomic mass is 9.61. The maximum absolute atomic E-state index is 5.32. The molecule has 0 aliphatic heterocycles. The van der Waals surface area contributed by atoms with Crippen LogP contribution in [0.25, 0.3) is 112 Å². The summed E-state index contributed by atoms with van der Waals surface area (Å²) < 4.78 is 0. The van der Waals surface area contributed by atoms with Gasteiger partial charge in [0.05, 0.1) is 11.0 Å². The van der Waals surface area contributed by atoms with Crippen LogP contribution in [0.4, 0.5) is 0 Å². The van der Waals surface area contributed by atoms with Crippen molar-refractivity contribution in [2.24, 2.45) is 0 Å². The van der Waals surface area contributed by atoms with E-state index < -0.39 is 0 Å². The summed E-state index contributed by atoms with van der Waals surface area (Å²) in [6.07, 6.45) is 3.88. The normalized spacial score (nSPS) is 14.1. The summed E-state index contributed by atoms with van der Waals surface area (Å²) in [4.78, 5) is 41.1. The zero-order chi connectivity index (χ0) is 50.1. The van der Waals surface area contributed by atoms with E-state index >= 15 is 0 Å². The molecule has 2 unspecified atom stereocenters. The van der Waals surface area contributed by atoms with Crippen LogP contribution in [-0.4, -0.2) is 39.9 Å². The van der Waals surface area contributed by atoms with Gasteiger partial charge in [-0.1, -0.05) is 194 Å². The zero-order valence-corrected chi connectivity index (χ0v) is 40.8. The van der Waals surface area contributed by atoms with Crippen molar-refractivity contribution in [2.75, 3.05) is 0 Å². The van der Waals surface area contributed by atoms with Crippen LogP contribution in [-0.2, 0) is 0 Å². The minimum atomic E-state index is -0.0209. The van der Waals surface area contributed by atoms with Crippen molar-refractivity contribution in [3.63, 3.8) is 0 Å². The molecule has 0 spiro atoms. The fraction of sp³-hybridized carbons (Fsp3) is 0.0294. The Balaban J connectivity index is 0.850. The van der Waals surface area contributed by atoms with Gasteiger partial charge in [0.1, 0.15) is 0 Å². The van der Waals surface area contributed by atoms with Crippen molar-refractivity contribution in [3.05, 3.63) is 276 Å². The molecular weight excluding hydrogens is 929 g/mol. The van der Waals surface area contributed by atoms with E-state index in [-0.39, 0.29) is 11.8 Å². The molecule has 0 fully saturated rings. The Morgan fingerprint density at radius 1 is 0.224 bits per heavy atom. The molecule has 2 bridgehead atoms. The number of hydrogen-bond donors (Lipinski definition) is 0. The Bertz CT molecular complexity index is 4160. The Morgan fingerprint density at radius 2 is 0.566 bits per heavy atom. The van der Waals surface area contributed by atoms with Crippen molar-refractivity contribution in [1.29, 1.82) is 0 Å². The highest BCUT2D eigenvalue weighted by Crippen LogP contribution is 2.56. The molecule has 354 valence electrons. The largest absolute Gasteiger partial charge is 0.256 e. The van der Waals surface area contributed by atoms with E-state index in [1.807, 2.05) is 97.3 Å². The van der Waals surface area contributed by atoms with E-state index in [9.17, 15) is 0 Å². The molecule has 4 aromatic heterocycles. The van der Waals surface area contributed by atoms with Crippen molar-refractivity contribution < 1.29 is 0 Å². The van der Waals surface area contributed by atoms with Gasteiger partial charge in [0.2, 0.25) is 0 Å². The average Bonchev–Trinajstić information content (AvgIpc) is 3.55. The zero-order valence-electron chi connectivity index (χ0n) is 40.8. The number of para-hydroxylation sites is 2. The van der Waals surface area contributed by atoms with Crippen LogP contribution >= 0.6 is 0 Å². The summed E-state index contributed by atoms with van der Waals surface area (Å²) >= 11 is 0. The van der Waals surface area contributed by atoms with E-state index in [4.69, 9.17) is 39.9 Å². The highest BCUT2D eigenvalue weighted by molar-refractivity contribution is 5.90. The van der Waals surface area contributed by atoms with Gasteiger partial charge in [-0.3, -0.25) is 9.97 Å². The molecule has 13 aromatic rings. The van der Waals surface area contributed by atoms with Crippen LogP contribution in [0.5, 0.6) is 0 Å². The van der Waals surface area contributed by atoms with Gasteiger partial charge in [-0.25, -0.2) is 29.9 Å². The highest BCUT2D eigenvalue weighted by atomic mass is 15.0. The summed E-state index contributed by atoms with van der Waals surface area (Å²) in [6.45, 7) is 0. The fourth-order valence-electron chi connectivity index (χ4n) is 11.5. The molecular formula is C68H42N8. The Morgan fingerprint density at radius 3 is 1.01 bits per heavy atom. The molecule has 0 amide bonds. The number of hydrogen-bond acceptors (Lipinski definition) is 8. The lowest BCUT2D eigenvalue weighted by Crippen LogP contribution is -2.27. The van der Waals surface area contributed by atoms with Crippen LogP contribution in [0.1, 0.15) is 45.2 Å². The lowest BCUT2D eigenvalue weighted by molar-refractivity contribution is 0.754. The molecule has 0 N–H and O–H groups in total. The van der Waals surface area contributed by atoms with Crippen LogP contribution in [0.15, 0.2) is 243 Å². The molecule has 8 heteroatoms. The number of fused-ring (bicyclic) bond motifs is 2. The highest BCUT2D eigenvalue weighted by Gasteiger charge is 2.41. The first-order chi connectivity index (χ1) is 37.6. The molecule has 9 aromatic carbocycles. The van der Waals surface area contributed by atoms with Crippen molar-refractivity contribution >= 4 is 21.8 Å². The van der Waals surface area contributed by atoms with Gasteiger partial charge in [0.15, 0.2) is 34.9 Å². The molecule has 3 aliphatic carbocycles. The van der Waals surface area contributed by atoms with E-state index in [1.54, 1.807) is 0 Å². The Labute approximate surface area is 438 Å². The number of pyridine rings is 2. The molecule has 76 heavy (non-hydrogen) atoms. The maximum atomic E-state index is 5.32. The minimum Gasteiger partial charge on any atom is -0.256 e. The van der Waals surface area contributed by atoms with E-state index in [0.717, 1.165) is 77.4 Å². The van der Waals surface area contributed by atoms with Crippen molar-refractivity contribution in [3.8, 4) is 90.6 Å². The number of benzene rings is 9. The van der Waals surface area contributed by atoms with E-state index in [1.165, 1.54) is 33.4 Å². The molecule has 8 nitrogen and oxygen atoms in total. The number of rotatable bonds is 8. The van der Waals surface area contributed by atoms with Crippen molar-refractivity contribution in [1.82, 2.24) is 39.9 Å². The number of nitrogens with zero attached hydrogens (tertiary/aromatic N) is 8. The van der Waals surface area contributed by atoms with Crippen LogP contribution in [0.2, 0.25) is 0 Å². The number of aromatic nitrogens is 8. The first-order valence-electron chi connectivity index (χ1n) is 25.5. The predicted octanol–water partition coefficient (Wildman–Crippen LogP) is 15.5. The first-order valence-corrected chi connectivity index (χ1v) is 25.5. The quantitative estimate of drug-likeness (QED) is 0.148. The van der Waals surface area contributed by atoms with Gasteiger partial charge in [0.25, 0.3) is 0 Å². The summed E-state index contributed by atoms with van der Waals surface area (Å²) in [5.74, 6) is 3.60. The van der Waals surface area contributed by atoms with Gasteiger partial charge in [-0.05, 0) is 80.9 Å². The van der Waals surface area contributed by atoms with Gasteiger partial charge in [-0.2, -0.15) is 0 Å². The average molecular weight is 971 g/mol.